The number of nitro groups is 3. The van der Waals surface area contributed by atoms with E-state index in [1.807, 2.05) is 0 Å². The lowest BCUT2D eigenvalue weighted by atomic mass is 9.82. The highest BCUT2D eigenvalue weighted by atomic mass is 16.6. The van der Waals surface area contributed by atoms with Crippen LogP contribution in [-0.2, 0) is 0 Å². The summed E-state index contributed by atoms with van der Waals surface area (Å²) in [7, 11) is 0. The maximum Gasteiger partial charge on any atom is 0.272 e. The SMILES string of the molecule is N#CC(C#N)=C1c2cc([N+](=O)[O-])ccc2[C@@H]2C([N+](=O)[O-])=CC([N+](=O)[O-])=C[C@@H]12. The summed E-state index contributed by atoms with van der Waals surface area (Å²) in [6, 6.07) is 6.92. The molecular formula is C16H7N5O6. The molecule has 11 heteroatoms. The van der Waals surface area contributed by atoms with Gasteiger partial charge in [0.25, 0.3) is 17.1 Å². The van der Waals surface area contributed by atoms with Gasteiger partial charge in [0.15, 0.2) is 0 Å². The van der Waals surface area contributed by atoms with Crippen molar-refractivity contribution in [2.45, 2.75) is 5.92 Å². The van der Waals surface area contributed by atoms with Crippen LogP contribution in [0.1, 0.15) is 17.0 Å². The van der Waals surface area contributed by atoms with Crippen LogP contribution in [0, 0.1) is 58.9 Å². The van der Waals surface area contributed by atoms with E-state index in [1.165, 1.54) is 6.07 Å². The maximum atomic E-state index is 11.5. The molecule has 0 aromatic heterocycles. The smallest absolute Gasteiger partial charge is 0.259 e. The van der Waals surface area contributed by atoms with Crippen molar-refractivity contribution in [2.75, 3.05) is 0 Å². The molecule has 2 atom stereocenters. The van der Waals surface area contributed by atoms with Crippen molar-refractivity contribution in [3.8, 4) is 12.1 Å². The van der Waals surface area contributed by atoms with E-state index >= 15 is 0 Å². The first kappa shape index (κ1) is 17.4. The van der Waals surface area contributed by atoms with Crippen molar-refractivity contribution in [1.29, 1.82) is 10.5 Å². The zero-order valence-electron chi connectivity index (χ0n) is 13.2. The molecule has 1 aromatic carbocycles. The summed E-state index contributed by atoms with van der Waals surface area (Å²) in [6.45, 7) is 0. The van der Waals surface area contributed by atoms with E-state index in [4.69, 9.17) is 0 Å². The minimum absolute atomic E-state index is 0.00972. The standard InChI is InChI=1S/C16H7N5O6/c17-6-8(7-18)15-12-3-9(19(22)23)1-2-11(12)16-13(15)4-10(20(24)25)5-14(16)21(26)27/h1-5,13,16H/t13-,16-/m0/s1. The van der Waals surface area contributed by atoms with Crippen LogP contribution < -0.4 is 0 Å². The average molecular weight is 365 g/mol. The first-order valence-electron chi connectivity index (χ1n) is 7.35. The molecule has 2 aliphatic rings. The second kappa shape index (κ2) is 6.16. The van der Waals surface area contributed by atoms with E-state index in [0.29, 0.717) is 5.56 Å². The summed E-state index contributed by atoms with van der Waals surface area (Å²) in [5.41, 5.74) is -1.32. The molecular weight excluding hydrogens is 358 g/mol. The van der Waals surface area contributed by atoms with Gasteiger partial charge in [0, 0.05) is 24.1 Å². The van der Waals surface area contributed by atoms with Gasteiger partial charge < -0.3 is 0 Å². The number of hydrogen-bond acceptors (Lipinski definition) is 8. The lowest BCUT2D eigenvalue weighted by molar-refractivity contribution is -0.440. The third-order valence-corrected chi connectivity index (χ3v) is 4.44. The maximum absolute atomic E-state index is 11.5. The van der Waals surface area contributed by atoms with E-state index in [-0.39, 0.29) is 16.8 Å². The molecule has 0 aliphatic heterocycles. The summed E-state index contributed by atoms with van der Waals surface area (Å²) in [5.74, 6) is -2.02. The molecule has 1 aromatic rings. The number of fused-ring (bicyclic) bond motifs is 3. The Labute approximate surface area is 150 Å². The minimum Gasteiger partial charge on any atom is -0.259 e. The highest BCUT2D eigenvalue weighted by Crippen LogP contribution is 2.54. The molecule has 11 nitrogen and oxygen atoms in total. The Bertz CT molecular complexity index is 1090. The van der Waals surface area contributed by atoms with Gasteiger partial charge >= 0.3 is 0 Å². The Morgan fingerprint density at radius 2 is 1.67 bits per heavy atom. The first-order chi connectivity index (χ1) is 12.8. The Hall–Kier alpha value is -4.38. The van der Waals surface area contributed by atoms with Crippen molar-refractivity contribution in [2.24, 2.45) is 5.92 Å². The fraction of sp³-hybridized carbons (Fsp3) is 0.125. The number of nitriles is 2. The lowest BCUT2D eigenvalue weighted by Crippen LogP contribution is -2.20. The summed E-state index contributed by atoms with van der Waals surface area (Å²) in [5, 5.41) is 52.3. The Morgan fingerprint density at radius 1 is 1.00 bits per heavy atom. The van der Waals surface area contributed by atoms with Crippen molar-refractivity contribution in [1.82, 2.24) is 0 Å². The molecule has 132 valence electrons. The van der Waals surface area contributed by atoms with Crippen LogP contribution in [0.2, 0.25) is 0 Å². The number of rotatable bonds is 3. The summed E-state index contributed by atoms with van der Waals surface area (Å²) < 4.78 is 0. The van der Waals surface area contributed by atoms with Gasteiger partial charge in [-0.2, -0.15) is 10.5 Å². The minimum atomic E-state index is -1.03. The van der Waals surface area contributed by atoms with Crippen LogP contribution in [0.15, 0.2) is 47.3 Å². The molecule has 2 aliphatic carbocycles. The van der Waals surface area contributed by atoms with Crippen molar-refractivity contribution >= 4 is 11.3 Å². The van der Waals surface area contributed by atoms with Gasteiger partial charge in [0.05, 0.1) is 26.8 Å². The molecule has 0 saturated heterocycles. The van der Waals surface area contributed by atoms with E-state index in [2.05, 4.69) is 0 Å². The summed E-state index contributed by atoms with van der Waals surface area (Å²) in [6.07, 6.45) is 1.96. The van der Waals surface area contributed by atoms with Crippen molar-refractivity contribution in [3.05, 3.63) is 88.8 Å². The highest BCUT2D eigenvalue weighted by Gasteiger charge is 2.48. The lowest BCUT2D eigenvalue weighted by Gasteiger charge is -2.18. The van der Waals surface area contributed by atoms with E-state index < -0.39 is 43.6 Å². The third-order valence-electron chi connectivity index (χ3n) is 4.44. The summed E-state index contributed by atoms with van der Waals surface area (Å²) in [4.78, 5) is 31.5. The first-order valence-corrected chi connectivity index (χ1v) is 7.35. The van der Waals surface area contributed by atoms with Crippen LogP contribution in [0.25, 0.3) is 5.57 Å². The van der Waals surface area contributed by atoms with Crippen molar-refractivity contribution in [3.63, 3.8) is 0 Å². The highest BCUT2D eigenvalue weighted by molar-refractivity contribution is 5.86. The summed E-state index contributed by atoms with van der Waals surface area (Å²) >= 11 is 0. The third kappa shape index (κ3) is 2.60. The van der Waals surface area contributed by atoms with Gasteiger partial charge in [-0.25, -0.2) is 0 Å². The fourth-order valence-electron chi connectivity index (χ4n) is 3.42. The zero-order valence-corrected chi connectivity index (χ0v) is 13.2. The molecule has 0 radical (unpaired) electrons. The van der Waals surface area contributed by atoms with Crippen LogP contribution in [0.4, 0.5) is 5.69 Å². The Balaban J connectivity index is 2.39. The Morgan fingerprint density at radius 3 is 2.19 bits per heavy atom. The molecule has 0 saturated carbocycles. The number of nitrogens with zero attached hydrogens (tertiary/aromatic N) is 5. The number of hydrogen-bond donors (Lipinski definition) is 0. The quantitative estimate of drug-likeness (QED) is 0.445. The van der Waals surface area contributed by atoms with Gasteiger partial charge in [-0.3, -0.25) is 30.3 Å². The number of allylic oxidation sites excluding steroid dienone is 5. The molecule has 0 amide bonds. The van der Waals surface area contributed by atoms with Crippen LogP contribution in [0.5, 0.6) is 0 Å². The molecule has 0 heterocycles. The zero-order chi connectivity index (χ0) is 19.9. The average Bonchev–Trinajstić information content (AvgIpc) is 2.95. The van der Waals surface area contributed by atoms with Gasteiger partial charge in [-0.15, -0.1) is 0 Å². The molecule has 0 N–H and O–H groups in total. The topological polar surface area (TPSA) is 177 Å². The van der Waals surface area contributed by atoms with Gasteiger partial charge in [0.2, 0.25) is 0 Å². The van der Waals surface area contributed by atoms with E-state index in [9.17, 15) is 40.9 Å². The second-order valence-corrected chi connectivity index (χ2v) is 5.72. The van der Waals surface area contributed by atoms with Gasteiger partial charge in [0.1, 0.15) is 17.7 Å². The molecule has 0 fully saturated rings. The van der Waals surface area contributed by atoms with Crippen LogP contribution in [-0.4, -0.2) is 14.8 Å². The Kier molecular flexibility index (Phi) is 3.98. The van der Waals surface area contributed by atoms with Gasteiger partial charge in [-0.05, 0) is 16.7 Å². The molecule has 0 bridgehead atoms. The van der Waals surface area contributed by atoms with E-state index in [0.717, 1.165) is 24.3 Å². The predicted molar refractivity (Wildman–Crippen MR) is 87.6 cm³/mol. The number of non-ortho nitro benzene ring substituents is 1. The molecule has 27 heavy (non-hydrogen) atoms. The van der Waals surface area contributed by atoms with Crippen LogP contribution in [0.3, 0.4) is 0 Å². The predicted octanol–water partition coefficient (Wildman–Crippen LogP) is 2.44. The number of nitro benzene ring substituents is 1. The van der Waals surface area contributed by atoms with Crippen molar-refractivity contribution < 1.29 is 14.8 Å². The fourth-order valence-corrected chi connectivity index (χ4v) is 3.42. The van der Waals surface area contributed by atoms with Crippen LogP contribution >= 0.6 is 0 Å². The number of benzene rings is 1. The van der Waals surface area contributed by atoms with E-state index in [1.54, 1.807) is 12.1 Å². The van der Waals surface area contributed by atoms with Gasteiger partial charge in [-0.1, -0.05) is 6.07 Å². The molecule has 0 unspecified atom stereocenters. The molecule has 0 spiro atoms. The monoisotopic (exact) mass is 365 g/mol. The second-order valence-electron chi connectivity index (χ2n) is 5.72. The largest absolute Gasteiger partial charge is 0.272 e. The molecule has 3 rings (SSSR count). The normalized spacial score (nSPS) is 19.6.